The summed E-state index contributed by atoms with van der Waals surface area (Å²) in [5.41, 5.74) is -11.0. The van der Waals surface area contributed by atoms with Gasteiger partial charge in [-0.25, -0.2) is 21.6 Å². The number of esters is 6. The minimum atomic E-state index is -3.49. The van der Waals surface area contributed by atoms with Crippen LogP contribution in [0.15, 0.2) is 0 Å². The number of hydrogen-bond acceptors (Lipinski definition) is 38. The molecule has 0 fully saturated rings. The number of aliphatic hydroxyl groups excluding tert-OH is 20. The van der Waals surface area contributed by atoms with Gasteiger partial charge in [-0.2, -0.15) is 4.31 Å². The van der Waals surface area contributed by atoms with E-state index >= 15 is 0 Å². The zero-order chi connectivity index (χ0) is 111. The number of nitrogens with zero attached hydrogens (tertiary/aromatic N) is 2. The third kappa shape index (κ3) is 78.4. The van der Waals surface area contributed by atoms with E-state index in [0.29, 0.717) is 12.8 Å². The van der Waals surface area contributed by atoms with Gasteiger partial charge in [0.1, 0.15) is 53.6 Å². The van der Waals surface area contributed by atoms with Crippen LogP contribution in [0.25, 0.3) is 0 Å². The van der Waals surface area contributed by atoms with Crippen molar-refractivity contribution in [3.05, 3.63) is 0 Å². The molecule has 0 saturated carbocycles. The quantitative estimate of drug-likeness (QED) is 0.0306. The number of nitrogens with one attached hydrogen (secondary N) is 2. The van der Waals surface area contributed by atoms with Crippen LogP contribution in [-0.4, -0.2) is 392 Å². The smallest absolute Gasteiger partial charge is 0.317 e. The Morgan fingerprint density at radius 3 is 0.941 bits per heavy atom. The third-order valence-corrected chi connectivity index (χ3v) is 21.8. The molecule has 0 radical (unpaired) electrons. The van der Waals surface area contributed by atoms with Crippen LogP contribution in [0, 0.1) is 59.6 Å². The Kier molecular flexibility index (Phi) is 76.5. The van der Waals surface area contributed by atoms with Gasteiger partial charge in [-0.15, -0.1) is 0 Å². The summed E-state index contributed by atoms with van der Waals surface area (Å²) in [4.78, 5) is 92.5. The van der Waals surface area contributed by atoms with Crippen molar-refractivity contribution in [2.45, 2.75) is 309 Å². The lowest BCUT2D eigenvalue weighted by molar-refractivity contribution is -0.174. The van der Waals surface area contributed by atoms with Gasteiger partial charge in [0.25, 0.3) is 0 Å². The molecule has 136 heavy (non-hydrogen) atoms. The number of aliphatic hydroxyl groups is 20. The summed E-state index contributed by atoms with van der Waals surface area (Å²) in [5.74, 6) is -2.90. The minimum Gasteiger partial charge on any atom is -0.465 e. The van der Waals surface area contributed by atoms with Gasteiger partial charge in [-0.3, -0.25) is 38.4 Å². The fourth-order valence-electron chi connectivity index (χ4n) is 8.06. The fraction of sp³-hybridized carbons (Fsp3) is 0.913. The van der Waals surface area contributed by atoms with Crippen LogP contribution >= 0.6 is 0 Å². The van der Waals surface area contributed by atoms with E-state index < -0.39 is 180 Å². The zero-order valence-corrected chi connectivity index (χ0v) is 91.0. The highest BCUT2D eigenvalue weighted by molar-refractivity contribution is 7.89. The summed E-state index contributed by atoms with van der Waals surface area (Å²) in [5, 5.41) is 180. The number of ether oxygens (including phenoxy) is 6. The van der Waals surface area contributed by atoms with Gasteiger partial charge in [0.2, 0.25) is 31.9 Å². The number of carbonyl (C=O) groups excluding carboxylic acids is 8. The molecule has 0 saturated heterocycles. The maximum absolute atomic E-state index is 11.8. The summed E-state index contributed by atoms with van der Waals surface area (Å²) in [6.45, 7) is 58.2. The standard InChI is InChI=1S/C11H22O4.2C10H20O4.2C9H21NO4S.2C9H19NO3.C9H18O4.2C8H16O4/c1-5-11(6-12,7-13)8-15-9(14)10(2,3)4;1-9(2,3)8(13)14-7-10(4,5-11)6-12;1-5-10(6-11,7-12)8(13)14-9(2,3)4;1-8(2,3)7-15(13,14)10-9(4,5-11)6-12;1-9(2,3)8-15(13,14)10(4-6-11)5-7-12;1-8(2,3)7(13)10-9(4,5-11)6-12;1-9(2,3)8(13)10(4-6-11)5-7-12;1-8(2,3)13-7(12)9(4,5-10)6-11;1-8(2,3)7(11)12-5-6(10)4-9;1-8(2,3)12-7(11)4-6(10)5-9/h12-13H,5-8H2,1-4H3;2*11-12H,5-7H2,1-4H3;10-12H,5-7H2,1-4H3;11-12H,4-8H2,1-3H3;11-12H,5-6H2,1-4H3,(H,10,13);11-12H,4-7H2,1-3H3;10-11H,5-6H2,1-4H3;2*6,9-10H,4-5H2,1-3H3. The second-order valence-electron chi connectivity index (χ2n) is 44.6. The first kappa shape index (κ1) is 151. The Labute approximate surface area is 813 Å². The van der Waals surface area contributed by atoms with E-state index in [1.165, 1.54) is 18.7 Å². The first-order valence-electron chi connectivity index (χ1n) is 44.9. The molecule has 0 aromatic carbocycles. The summed E-state index contributed by atoms with van der Waals surface area (Å²) >= 11 is 0. The number of carbonyl (C=O) groups is 8. The van der Waals surface area contributed by atoms with Crippen molar-refractivity contribution in [3.63, 3.8) is 0 Å². The number of rotatable bonds is 40. The highest BCUT2D eigenvalue weighted by Gasteiger charge is 2.41. The first-order chi connectivity index (χ1) is 60.8. The Morgan fingerprint density at radius 2 is 0.684 bits per heavy atom. The Balaban J connectivity index is -0.000000162. The summed E-state index contributed by atoms with van der Waals surface area (Å²) in [6.07, 6.45) is -1.23. The van der Waals surface area contributed by atoms with Crippen LogP contribution in [-0.2, 0) is 86.8 Å². The van der Waals surface area contributed by atoms with Crippen LogP contribution < -0.4 is 10.0 Å². The molecule has 22 N–H and O–H groups in total. The van der Waals surface area contributed by atoms with Gasteiger partial charge in [-0.1, -0.05) is 104 Å². The first-order valence-corrected chi connectivity index (χ1v) is 48.2. The van der Waals surface area contributed by atoms with Crippen molar-refractivity contribution in [2.75, 3.05) is 176 Å². The van der Waals surface area contributed by atoms with Crippen LogP contribution in [0.3, 0.4) is 0 Å². The van der Waals surface area contributed by atoms with Crippen LogP contribution in [0.1, 0.15) is 269 Å². The largest absolute Gasteiger partial charge is 0.465 e. The summed E-state index contributed by atoms with van der Waals surface area (Å²) in [6, 6.07) is 0. The Hall–Kier alpha value is -5.22. The Bertz CT molecular complexity index is 3410. The molecule has 820 valence electrons. The van der Waals surface area contributed by atoms with E-state index in [1.807, 2.05) is 69.2 Å². The van der Waals surface area contributed by atoms with Crippen molar-refractivity contribution in [3.8, 4) is 0 Å². The second-order valence-corrected chi connectivity index (χ2v) is 48.3. The lowest BCUT2D eigenvalue weighted by Gasteiger charge is -2.30. The van der Waals surface area contributed by atoms with Gasteiger partial charge in [0.15, 0.2) is 0 Å². The van der Waals surface area contributed by atoms with Crippen molar-refractivity contribution in [1.82, 2.24) is 19.2 Å². The molecule has 0 aliphatic rings. The van der Waals surface area contributed by atoms with Crippen molar-refractivity contribution < 1.29 is 186 Å². The van der Waals surface area contributed by atoms with Crippen molar-refractivity contribution in [1.29, 1.82) is 0 Å². The van der Waals surface area contributed by atoms with Gasteiger partial charge < -0.3 is 141 Å². The van der Waals surface area contributed by atoms with E-state index in [0.717, 1.165) is 4.31 Å². The molecule has 2 amide bonds. The van der Waals surface area contributed by atoms with Crippen LogP contribution in [0.5, 0.6) is 0 Å². The van der Waals surface area contributed by atoms with E-state index in [2.05, 4.69) is 10.0 Å². The van der Waals surface area contributed by atoms with E-state index in [9.17, 15) is 55.2 Å². The predicted molar refractivity (Wildman–Crippen MR) is 516 cm³/mol. The summed E-state index contributed by atoms with van der Waals surface area (Å²) in [7, 11) is -6.88. The van der Waals surface area contributed by atoms with Crippen molar-refractivity contribution in [2.24, 2.45) is 59.6 Å². The van der Waals surface area contributed by atoms with E-state index in [4.69, 9.17) is 131 Å². The fourth-order valence-corrected chi connectivity index (χ4v) is 12.2. The maximum atomic E-state index is 11.8. The zero-order valence-electron chi connectivity index (χ0n) is 89.4. The molecule has 44 heteroatoms. The maximum Gasteiger partial charge on any atom is 0.317 e. The molecular weight excluding hydrogens is 1830 g/mol. The van der Waals surface area contributed by atoms with Crippen molar-refractivity contribution >= 4 is 67.7 Å². The van der Waals surface area contributed by atoms with Gasteiger partial charge >= 0.3 is 35.8 Å². The molecule has 0 aromatic rings. The number of hydrogen-bond donors (Lipinski definition) is 22. The molecule has 0 rings (SSSR count). The molecule has 0 spiro atoms. The normalized spacial score (nSPS) is 13.1. The third-order valence-electron chi connectivity index (χ3n) is 17.3. The van der Waals surface area contributed by atoms with Gasteiger partial charge in [0, 0.05) is 42.4 Å². The molecule has 0 aromatic heterocycles. The molecule has 2 atom stereocenters. The number of amides is 2. The lowest BCUT2D eigenvalue weighted by Crippen LogP contribution is -2.54. The minimum absolute atomic E-state index is 0.0139. The SMILES string of the molecule is CC(C)(C)C(=O)N(CCO)CCO.CC(C)(C)C(=O)OCC(O)CO.CC(C)(C)CS(=O)(=O)N(CCO)CCO.CC(C)(C)CS(=O)(=O)NC(C)(CO)CO.CC(C)(C)OC(=O)C(C)(CO)CO.CC(C)(C)OC(=O)CC(O)CO.CC(CO)(CO)COC(=O)C(C)(C)C.CC(CO)(CO)NC(=O)C(C)(C)C.CCC(CO)(CO)C(=O)OC(C)(C)C.CCC(CO)(CO)COC(=O)C(C)(C)C. The average Bonchev–Trinajstić information content (AvgIpc) is 0.844. The monoisotopic (exact) mass is 2030 g/mol. The molecule has 42 nitrogen and oxygen atoms in total. The molecule has 0 aliphatic heterocycles. The molecule has 2 unspecified atom stereocenters. The van der Waals surface area contributed by atoms with Gasteiger partial charge in [-0.05, 0) is 169 Å². The highest BCUT2D eigenvalue weighted by Crippen LogP contribution is 2.29. The topological polar surface area (TPSA) is 695 Å². The molecule has 0 heterocycles. The van der Waals surface area contributed by atoms with E-state index in [1.54, 1.807) is 166 Å². The molecular formula is C92H192N4O38S2. The average molecular weight is 2030 g/mol. The summed E-state index contributed by atoms with van der Waals surface area (Å²) < 4.78 is 80.2. The van der Waals surface area contributed by atoms with Crippen LogP contribution in [0.4, 0.5) is 0 Å². The van der Waals surface area contributed by atoms with E-state index in [-0.39, 0.29) is 171 Å². The highest BCUT2D eigenvalue weighted by atomic mass is 32.2. The molecule has 0 bridgehead atoms. The van der Waals surface area contributed by atoms with Gasteiger partial charge in [0.05, 0.1) is 176 Å². The Morgan fingerprint density at radius 1 is 0.346 bits per heavy atom. The van der Waals surface area contributed by atoms with Crippen LogP contribution in [0.2, 0.25) is 0 Å². The predicted octanol–water partition coefficient (Wildman–Crippen LogP) is 1.63. The lowest BCUT2D eigenvalue weighted by atomic mass is 9.87. The second kappa shape index (κ2) is 68.9. The molecule has 0 aliphatic carbocycles. The number of sulfonamides is 2.